The minimum Gasteiger partial charge on any atom is -0.311 e. The Morgan fingerprint density at radius 3 is 2.35 bits per heavy atom. The number of rotatable bonds is 4. The summed E-state index contributed by atoms with van der Waals surface area (Å²) in [5.74, 6) is -0.693. The summed E-state index contributed by atoms with van der Waals surface area (Å²) in [6.45, 7) is 1.66. The Hall–Kier alpha value is -1.20. The Balaban J connectivity index is 2.26. The van der Waals surface area contributed by atoms with Gasteiger partial charge in [-0.3, -0.25) is 13.9 Å². The number of aromatic nitrogens is 1. The molecule has 1 aromatic carbocycles. The molecule has 2 heterocycles. The van der Waals surface area contributed by atoms with Gasteiger partial charge in [0.1, 0.15) is 0 Å². The molecule has 1 aliphatic heterocycles. The lowest BCUT2D eigenvalue weighted by Crippen LogP contribution is -2.38. The highest BCUT2D eigenvalue weighted by Gasteiger charge is 2.63. The van der Waals surface area contributed by atoms with Crippen LogP contribution in [-0.2, 0) is 13.6 Å². The molecule has 1 aliphatic rings. The van der Waals surface area contributed by atoms with Crippen LogP contribution in [-0.4, -0.2) is 29.8 Å². The molecule has 0 fully saturated rings. The molecule has 2 atom stereocenters. The van der Waals surface area contributed by atoms with Crippen LogP contribution in [0.15, 0.2) is 47.1 Å². The molecule has 0 saturated carbocycles. The van der Waals surface area contributed by atoms with Crippen molar-refractivity contribution in [2.24, 2.45) is 0 Å². The summed E-state index contributed by atoms with van der Waals surface area (Å²) in [5.41, 5.74) is 1.67. The minimum absolute atomic E-state index is 0.280. The van der Waals surface area contributed by atoms with Crippen LogP contribution in [0.1, 0.15) is 28.9 Å². The molecule has 2 unspecified atom stereocenters. The van der Waals surface area contributed by atoms with Crippen molar-refractivity contribution in [1.82, 2.24) is 4.57 Å². The topological polar surface area (TPSA) is 57.5 Å². The van der Waals surface area contributed by atoms with Gasteiger partial charge in [0.2, 0.25) is 5.91 Å². The number of hydrogen-bond donors (Lipinski definition) is 0. The van der Waals surface area contributed by atoms with Crippen molar-refractivity contribution in [2.75, 3.05) is 14.2 Å². The van der Waals surface area contributed by atoms with E-state index in [4.69, 9.17) is 9.05 Å². The SMILES string of the molecule is COP(=O)(OC)C1(C)C(=O)n2cccc2C1c1ccc(Br)cc1. The highest BCUT2D eigenvalue weighted by atomic mass is 79.9. The van der Waals surface area contributed by atoms with E-state index in [1.54, 1.807) is 13.1 Å². The predicted molar refractivity (Wildman–Crippen MR) is 91.1 cm³/mol. The third kappa shape index (κ3) is 2.20. The summed E-state index contributed by atoms with van der Waals surface area (Å²) in [7, 11) is -1.03. The van der Waals surface area contributed by atoms with Gasteiger partial charge in [-0.25, -0.2) is 0 Å². The molecule has 0 N–H and O–H groups in total. The molecule has 23 heavy (non-hydrogen) atoms. The van der Waals surface area contributed by atoms with Crippen molar-refractivity contribution in [3.8, 4) is 0 Å². The first-order valence-corrected chi connectivity index (χ1v) is 9.41. The average Bonchev–Trinajstić information content (AvgIpc) is 3.10. The summed E-state index contributed by atoms with van der Waals surface area (Å²) in [6.07, 6.45) is 1.68. The van der Waals surface area contributed by atoms with Crippen LogP contribution in [0.2, 0.25) is 0 Å². The fourth-order valence-corrected chi connectivity index (χ4v) is 5.46. The van der Waals surface area contributed by atoms with Gasteiger partial charge in [0.15, 0.2) is 5.16 Å². The average molecular weight is 398 g/mol. The molecular weight excluding hydrogens is 381 g/mol. The van der Waals surface area contributed by atoms with Gasteiger partial charge in [-0.05, 0) is 36.8 Å². The molecule has 0 spiro atoms. The van der Waals surface area contributed by atoms with Gasteiger partial charge in [-0.15, -0.1) is 0 Å². The first kappa shape index (κ1) is 16.7. The molecule has 1 aromatic heterocycles. The summed E-state index contributed by atoms with van der Waals surface area (Å²) >= 11 is 3.41. The zero-order valence-electron chi connectivity index (χ0n) is 13.0. The Bertz CT molecular complexity index is 793. The lowest BCUT2D eigenvalue weighted by molar-refractivity contribution is 0.0862. The van der Waals surface area contributed by atoms with E-state index in [9.17, 15) is 9.36 Å². The highest BCUT2D eigenvalue weighted by molar-refractivity contribution is 9.10. The van der Waals surface area contributed by atoms with E-state index in [0.717, 1.165) is 15.7 Å². The quantitative estimate of drug-likeness (QED) is 0.722. The zero-order chi connectivity index (χ0) is 16.8. The van der Waals surface area contributed by atoms with E-state index >= 15 is 0 Å². The molecule has 0 aliphatic carbocycles. The van der Waals surface area contributed by atoms with Gasteiger partial charge in [0.25, 0.3) is 0 Å². The van der Waals surface area contributed by atoms with Crippen LogP contribution in [0.3, 0.4) is 0 Å². The Kier molecular flexibility index (Phi) is 4.13. The molecule has 5 nitrogen and oxygen atoms in total. The lowest BCUT2D eigenvalue weighted by Gasteiger charge is -2.34. The molecule has 7 heteroatoms. The largest absolute Gasteiger partial charge is 0.346 e. The zero-order valence-corrected chi connectivity index (χ0v) is 15.5. The van der Waals surface area contributed by atoms with Crippen LogP contribution in [0, 0.1) is 0 Å². The fraction of sp³-hybridized carbons (Fsp3) is 0.312. The van der Waals surface area contributed by atoms with E-state index in [0.29, 0.717) is 0 Å². The molecular formula is C16H17BrNO4P. The number of nitrogens with zero attached hydrogens (tertiary/aromatic N) is 1. The normalized spacial score (nSPS) is 24.0. The highest BCUT2D eigenvalue weighted by Crippen LogP contribution is 2.67. The summed E-state index contributed by atoms with van der Waals surface area (Å²) in [6, 6.07) is 11.3. The van der Waals surface area contributed by atoms with E-state index in [2.05, 4.69) is 15.9 Å². The number of halogens is 1. The van der Waals surface area contributed by atoms with Crippen LogP contribution >= 0.6 is 23.5 Å². The van der Waals surface area contributed by atoms with E-state index in [1.165, 1.54) is 18.8 Å². The van der Waals surface area contributed by atoms with Crippen molar-refractivity contribution in [1.29, 1.82) is 0 Å². The van der Waals surface area contributed by atoms with Crippen LogP contribution in [0.5, 0.6) is 0 Å². The maximum absolute atomic E-state index is 13.2. The number of fused-ring (bicyclic) bond motifs is 1. The van der Waals surface area contributed by atoms with Crippen molar-refractivity contribution < 1.29 is 18.4 Å². The first-order chi connectivity index (χ1) is 10.9. The Labute approximate surface area is 143 Å². The third-order valence-electron chi connectivity index (χ3n) is 4.54. The Morgan fingerprint density at radius 1 is 1.17 bits per heavy atom. The number of hydrogen-bond acceptors (Lipinski definition) is 4. The predicted octanol–water partition coefficient (Wildman–Crippen LogP) is 4.28. The van der Waals surface area contributed by atoms with Crippen molar-refractivity contribution in [2.45, 2.75) is 18.0 Å². The van der Waals surface area contributed by atoms with Gasteiger partial charge in [-0.2, -0.15) is 0 Å². The molecule has 2 aromatic rings. The molecule has 0 saturated heterocycles. The van der Waals surface area contributed by atoms with E-state index in [1.807, 2.05) is 36.4 Å². The van der Waals surface area contributed by atoms with Gasteiger partial charge in [0.05, 0.1) is 5.92 Å². The summed E-state index contributed by atoms with van der Waals surface area (Å²) in [5, 5.41) is -1.32. The van der Waals surface area contributed by atoms with Crippen LogP contribution < -0.4 is 0 Å². The third-order valence-corrected chi connectivity index (χ3v) is 7.62. The van der Waals surface area contributed by atoms with Gasteiger partial charge < -0.3 is 9.05 Å². The van der Waals surface area contributed by atoms with Gasteiger partial charge >= 0.3 is 7.60 Å². The van der Waals surface area contributed by atoms with E-state index in [-0.39, 0.29) is 5.91 Å². The number of carbonyl (C=O) groups is 1. The molecule has 122 valence electrons. The maximum atomic E-state index is 13.2. The molecule has 0 amide bonds. The summed E-state index contributed by atoms with van der Waals surface area (Å²) in [4.78, 5) is 13.0. The van der Waals surface area contributed by atoms with E-state index < -0.39 is 18.7 Å². The second kappa shape index (κ2) is 5.71. The smallest absolute Gasteiger partial charge is 0.311 e. The standard InChI is InChI=1S/C16H17BrNO4P/c1-16(23(20,21-2)22-3)14(11-6-8-12(17)9-7-11)13-5-4-10-18(13)15(16)19/h4-10,14H,1-3H3. The van der Waals surface area contributed by atoms with Crippen molar-refractivity contribution >= 4 is 29.4 Å². The summed E-state index contributed by atoms with van der Waals surface area (Å²) < 4.78 is 26.1. The van der Waals surface area contributed by atoms with Gasteiger partial charge in [0, 0.05) is 30.6 Å². The molecule has 0 bridgehead atoms. The fourth-order valence-electron chi connectivity index (χ4n) is 3.35. The van der Waals surface area contributed by atoms with Gasteiger partial charge in [-0.1, -0.05) is 28.1 Å². The lowest BCUT2D eigenvalue weighted by atomic mass is 9.86. The van der Waals surface area contributed by atoms with Crippen molar-refractivity contribution in [3.63, 3.8) is 0 Å². The van der Waals surface area contributed by atoms with Crippen LogP contribution in [0.4, 0.5) is 0 Å². The molecule has 3 rings (SSSR count). The monoisotopic (exact) mass is 397 g/mol. The number of carbonyl (C=O) groups excluding carboxylic acids is 1. The Morgan fingerprint density at radius 2 is 1.78 bits per heavy atom. The number of benzene rings is 1. The first-order valence-electron chi connectivity index (χ1n) is 7.08. The van der Waals surface area contributed by atoms with Crippen molar-refractivity contribution in [3.05, 3.63) is 58.3 Å². The van der Waals surface area contributed by atoms with Crippen LogP contribution in [0.25, 0.3) is 0 Å². The second-order valence-corrected chi connectivity index (χ2v) is 9.17. The second-order valence-electron chi connectivity index (χ2n) is 5.60. The molecule has 0 radical (unpaired) electrons. The maximum Gasteiger partial charge on any atom is 0.346 e. The minimum atomic E-state index is -3.66.